The summed E-state index contributed by atoms with van der Waals surface area (Å²) in [5, 5.41) is 12.2. The zero-order valence-electron chi connectivity index (χ0n) is 23.0. The normalized spacial score (nSPS) is 11.8. The molecule has 44 heavy (non-hydrogen) atoms. The number of rotatable bonds is 10. The highest BCUT2D eigenvalue weighted by Gasteiger charge is 2.24. The lowest BCUT2D eigenvalue weighted by Crippen LogP contribution is -2.30. The van der Waals surface area contributed by atoms with Gasteiger partial charge in [-0.1, -0.05) is 83.9 Å². The van der Waals surface area contributed by atoms with E-state index in [0.717, 1.165) is 16.0 Å². The Balaban J connectivity index is 1.36. The van der Waals surface area contributed by atoms with Crippen molar-refractivity contribution in [2.24, 2.45) is 0 Å². The van der Waals surface area contributed by atoms with Crippen LogP contribution in [-0.2, 0) is 9.59 Å². The first kappa shape index (κ1) is 31.1. The van der Waals surface area contributed by atoms with E-state index in [-0.39, 0.29) is 16.6 Å². The molecular weight excluding hydrogens is 633 g/mol. The third-order valence-electron chi connectivity index (χ3n) is 6.28. The number of thiophene rings is 1. The van der Waals surface area contributed by atoms with E-state index in [1.807, 2.05) is 59.3 Å². The maximum Gasteiger partial charge on any atom is 0.272 e. The Kier molecular flexibility index (Phi) is 10.5. The van der Waals surface area contributed by atoms with E-state index in [9.17, 15) is 14.4 Å². The number of nitrogens with one attached hydrogen (secondary N) is 3. The van der Waals surface area contributed by atoms with Crippen LogP contribution < -0.4 is 16.0 Å². The second kappa shape index (κ2) is 14.9. The molecule has 6 nitrogen and oxygen atoms in total. The fourth-order valence-corrected chi connectivity index (χ4v) is 6.20. The van der Waals surface area contributed by atoms with Crippen LogP contribution in [0.3, 0.4) is 0 Å². The quantitative estimate of drug-likeness (QED) is 0.103. The maximum absolute atomic E-state index is 13.6. The van der Waals surface area contributed by atoms with Gasteiger partial charge in [-0.15, -0.1) is 11.8 Å². The van der Waals surface area contributed by atoms with Crippen molar-refractivity contribution < 1.29 is 14.4 Å². The van der Waals surface area contributed by atoms with E-state index in [1.54, 1.807) is 66.7 Å². The van der Waals surface area contributed by atoms with Crippen LogP contribution in [0.4, 0.5) is 11.4 Å². The van der Waals surface area contributed by atoms with Gasteiger partial charge >= 0.3 is 0 Å². The van der Waals surface area contributed by atoms with Crippen LogP contribution in [0.1, 0.15) is 26.7 Å². The molecule has 1 heterocycles. The predicted octanol–water partition coefficient (Wildman–Crippen LogP) is 8.94. The first-order valence-electron chi connectivity index (χ1n) is 13.4. The van der Waals surface area contributed by atoms with Gasteiger partial charge in [0.1, 0.15) is 10.9 Å². The van der Waals surface area contributed by atoms with Crippen molar-refractivity contribution in [1.29, 1.82) is 0 Å². The van der Waals surface area contributed by atoms with E-state index >= 15 is 0 Å². The van der Waals surface area contributed by atoms with Gasteiger partial charge in [0, 0.05) is 16.1 Å². The minimum absolute atomic E-state index is 0.0928. The summed E-state index contributed by atoms with van der Waals surface area (Å²) in [6.45, 7) is 0. The molecule has 10 heteroatoms. The van der Waals surface area contributed by atoms with E-state index < -0.39 is 17.1 Å². The minimum Gasteiger partial charge on any atom is -0.323 e. The number of carbonyl (C=O) groups excluding carboxylic acids is 3. The molecule has 5 rings (SSSR count). The lowest BCUT2D eigenvalue weighted by atomic mass is 10.1. The Hall–Kier alpha value is -4.34. The number of hydrogen-bond donors (Lipinski definition) is 3. The van der Waals surface area contributed by atoms with Gasteiger partial charge in [-0.25, -0.2) is 0 Å². The monoisotopic (exact) mass is 657 g/mol. The van der Waals surface area contributed by atoms with Gasteiger partial charge in [-0.05, 0) is 76.5 Å². The number of amides is 3. The second-order valence-corrected chi connectivity index (χ2v) is 12.2. The number of carbonyl (C=O) groups is 3. The number of hydrogen-bond acceptors (Lipinski definition) is 5. The lowest BCUT2D eigenvalue weighted by molar-refractivity contribution is -0.116. The molecule has 0 bridgehead atoms. The van der Waals surface area contributed by atoms with E-state index in [0.29, 0.717) is 22.0 Å². The summed E-state index contributed by atoms with van der Waals surface area (Å²) in [7, 11) is 0. The molecule has 0 spiro atoms. The summed E-state index contributed by atoms with van der Waals surface area (Å²) in [5.74, 6) is -1.18. The van der Waals surface area contributed by atoms with Crippen molar-refractivity contribution in [2.75, 3.05) is 10.6 Å². The average molecular weight is 659 g/mol. The molecule has 1 unspecified atom stereocenters. The molecular formula is C34H25Cl2N3O3S2. The first-order valence-corrected chi connectivity index (χ1v) is 15.9. The highest BCUT2D eigenvalue weighted by molar-refractivity contribution is 8.00. The van der Waals surface area contributed by atoms with Crippen molar-refractivity contribution in [1.82, 2.24) is 5.32 Å². The topological polar surface area (TPSA) is 87.3 Å². The van der Waals surface area contributed by atoms with Crippen molar-refractivity contribution in [3.63, 3.8) is 0 Å². The van der Waals surface area contributed by atoms with Crippen LogP contribution in [-0.4, -0.2) is 17.7 Å². The predicted molar refractivity (Wildman–Crippen MR) is 181 cm³/mol. The highest BCUT2D eigenvalue weighted by atomic mass is 35.5. The summed E-state index contributed by atoms with van der Waals surface area (Å²) < 4.78 is 0. The molecule has 0 aliphatic rings. The number of anilines is 2. The average Bonchev–Trinajstić information content (AvgIpc) is 3.56. The van der Waals surface area contributed by atoms with Crippen LogP contribution in [0, 0.1) is 0 Å². The molecule has 220 valence electrons. The molecule has 0 aliphatic heterocycles. The van der Waals surface area contributed by atoms with Gasteiger partial charge in [0.15, 0.2) is 0 Å². The van der Waals surface area contributed by atoms with Gasteiger partial charge in [0.25, 0.3) is 11.8 Å². The Morgan fingerprint density at radius 1 is 0.795 bits per heavy atom. The highest BCUT2D eigenvalue weighted by Crippen LogP contribution is 2.38. The SMILES string of the molecule is O=C(Nc1cccc(SC(C(=O)Nc2cccc(Cl)c2Cl)c2ccccc2)c1)/C(=C/c1ccsc1)NC(=O)c1ccccc1. The van der Waals surface area contributed by atoms with E-state index in [1.165, 1.54) is 23.1 Å². The van der Waals surface area contributed by atoms with Gasteiger partial charge in [-0.3, -0.25) is 14.4 Å². The fraction of sp³-hybridized carbons (Fsp3) is 0.0294. The van der Waals surface area contributed by atoms with Crippen LogP contribution in [0.2, 0.25) is 10.0 Å². The summed E-state index contributed by atoms with van der Waals surface area (Å²) >= 11 is 15.3. The molecule has 0 fully saturated rings. The molecule has 0 aliphatic carbocycles. The molecule has 5 aromatic rings. The molecule has 3 amide bonds. The summed E-state index contributed by atoms with van der Waals surface area (Å²) in [6.07, 6.45) is 1.63. The second-order valence-electron chi connectivity index (χ2n) is 9.42. The van der Waals surface area contributed by atoms with Crippen LogP contribution >= 0.6 is 46.3 Å². The fourth-order valence-electron chi connectivity index (χ4n) is 4.15. The number of benzene rings is 4. The van der Waals surface area contributed by atoms with Gasteiger partial charge in [0.2, 0.25) is 5.91 Å². The van der Waals surface area contributed by atoms with Crippen LogP contribution in [0.25, 0.3) is 6.08 Å². The first-order chi connectivity index (χ1) is 21.4. The van der Waals surface area contributed by atoms with Crippen LogP contribution in [0.15, 0.2) is 131 Å². The van der Waals surface area contributed by atoms with Crippen molar-refractivity contribution >= 4 is 81.5 Å². The van der Waals surface area contributed by atoms with Crippen molar-refractivity contribution in [3.05, 3.63) is 152 Å². The number of thioether (sulfide) groups is 1. The molecule has 1 atom stereocenters. The number of halogens is 2. The minimum atomic E-state index is -0.642. The smallest absolute Gasteiger partial charge is 0.272 e. The Morgan fingerprint density at radius 3 is 2.25 bits per heavy atom. The largest absolute Gasteiger partial charge is 0.323 e. The van der Waals surface area contributed by atoms with E-state index in [2.05, 4.69) is 16.0 Å². The Morgan fingerprint density at radius 2 is 1.52 bits per heavy atom. The van der Waals surface area contributed by atoms with Crippen molar-refractivity contribution in [3.8, 4) is 0 Å². The Labute approximate surface area is 273 Å². The van der Waals surface area contributed by atoms with Gasteiger partial charge in [-0.2, -0.15) is 11.3 Å². The van der Waals surface area contributed by atoms with Crippen LogP contribution in [0.5, 0.6) is 0 Å². The van der Waals surface area contributed by atoms with Gasteiger partial charge < -0.3 is 16.0 Å². The maximum atomic E-state index is 13.6. The molecule has 3 N–H and O–H groups in total. The molecule has 0 saturated heterocycles. The summed E-state index contributed by atoms with van der Waals surface area (Å²) in [4.78, 5) is 40.6. The van der Waals surface area contributed by atoms with Crippen molar-refractivity contribution in [2.45, 2.75) is 10.1 Å². The Bertz CT molecular complexity index is 1800. The lowest BCUT2D eigenvalue weighted by Gasteiger charge is -2.18. The zero-order chi connectivity index (χ0) is 30.9. The summed E-state index contributed by atoms with van der Waals surface area (Å²) in [5.41, 5.74) is 3.00. The third-order valence-corrected chi connectivity index (χ3v) is 9.05. The van der Waals surface area contributed by atoms with Gasteiger partial charge in [0.05, 0.1) is 15.7 Å². The zero-order valence-corrected chi connectivity index (χ0v) is 26.1. The molecule has 0 saturated carbocycles. The van der Waals surface area contributed by atoms with E-state index in [4.69, 9.17) is 23.2 Å². The molecule has 0 radical (unpaired) electrons. The summed E-state index contributed by atoms with van der Waals surface area (Å²) in [6, 6.07) is 32.1. The molecule has 1 aromatic heterocycles. The standard InChI is InChI=1S/C34H25Cl2N3O3S2/c35-27-15-8-16-28(30(27)36)38-34(42)31(23-9-3-1-4-10-23)44-26-14-7-13-25(20-26)37-33(41)29(19-22-17-18-43-21-22)39-32(40)24-11-5-2-6-12-24/h1-21,31H,(H,37,41)(H,38,42)(H,39,40)/b29-19-. The molecule has 4 aromatic carbocycles. The third kappa shape index (κ3) is 8.18.